The van der Waals surface area contributed by atoms with E-state index in [1.807, 2.05) is 0 Å². The van der Waals surface area contributed by atoms with Gasteiger partial charge >= 0.3 is 103 Å². The van der Waals surface area contributed by atoms with Gasteiger partial charge in [0.25, 0.3) is 0 Å². The molecule has 0 aromatic rings. The Morgan fingerprint density at radius 2 is 1.00 bits per heavy atom. The van der Waals surface area contributed by atoms with Crippen LogP contribution in [0.25, 0.3) is 0 Å². The fraction of sp³-hybridized carbons (Fsp3) is 1.00. The van der Waals surface area contributed by atoms with Crippen molar-refractivity contribution < 1.29 is 0 Å². The van der Waals surface area contributed by atoms with Crippen LogP contribution in [0.15, 0.2) is 0 Å². The first-order valence-corrected chi connectivity index (χ1v) is 11.8. The van der Waals surface area contributed by atoms with Crippen LogP contribution in [-0.4, -0.2) is 44.9 Å². The predicted octanol–water partition coefficient (Wildman–Crippen LogP) is 3.29. The molecule has 0 N–H and O–H groups in total. The molecule has 0 bridgehead atoms. The first kappa shape index (κ1) is 14.6. The molecule has 0 amide bonds. The molecule has 0 nitrogen and oxygen atoms in total. The van der Waals surface area contributed by atoms with Gasteiger partial charge in [-0.05, 0) is 0 Å². The zero-order chi connectivity index (χ0) is 9.94. The first-order chi connectivity index (χ1) is 6.35. The van der Waals surface area contributed by atoms with E-state index >= 15 is 0 Å². The van der Waals surface area contributed by atoms with E-state index in [2.05, 4.69) is 20.8 Å². The molecule has 0 heterocycles. The summed E-state index contributed by atoms with van der Waals surface area (Å²) >= 11 is 3.00. The minimum atomic E-state index is 0.999. The molecule has 0 saturated carbocycles. The average Bonchev–Trinajstić information content (AvgIpc) is 2.17. The summed E-state index contributed by atoms with van der Waals surface area (Å²) in [6, 6.07) is 0. The summed E-state index contributed by atoms with van der Waals surface area (Å²) in [5.41, 5.74) is 0. The normalized spacial score (nSPS) is 11.1. The summed E-state index contributed by atoms with van der Waals surface area (Å²) in [6.07, 6.45) is 4.25. The molecular weight excluding hydrogens is 357 g/mol. The molecule has 13 heavy (non-hydrogen) atoms. The Morgan fingerprint density at radius 3 is 1.23 bits per heavy atom. The van der Waals surface area contributed by atoms with Crippen molar-refractivity contribution in [2.75, 3.05) is 0 Å². The third-order valence-electron chi connectivity index (χ3n) is 1.37. The van der Waals surface area contributed by atoms with E-state index in [-0.39, 0.29) is 0 Å². The third kappa shape index (κ3) is 9.85. The molecule has 3 heteroatoms. The van der Waals surface area contributed by atoms with E-state index in [9.17, 15) is 0 Å². The third-order valence-corrected chi connectivity index (χ3v) is 16.0. The Hall–Kier alpha value is 1.56. The van der Waals surface area contributed by atoms with Gasteiger partial charge in [-0.3, -0.25) is 0 Å². The Balaban J connectivity index is 3.47. The molecule has 0 rings (SSSR count). The van der Waals surface area contributed by atoms with Crippen molar-refractivity contribution in [2.45, 2.75) is 58.6 Å². The first-order valence-electron chi connectivity index (χ1n) is 5.19. The Labute approximate surface area is 103 Å². The van der Waals surface area contributed by atoms with Crippen LogP contribution in [0, 0.1) is 0 Å². The molecule has 0 aliphatic heterocycles. The second kappa shape index (κ2) is 11.6. The van der Waals surface area contributed by atoms with Crippen LogP contribution in [0.1, 0.15) is 40.0 Å². The summed E-state index contributed by atoms with van der Waals surface area (Å²) in [7, 11) is 0. The van der Waals surface area contributed by atoms with E-state index < -0.39 is 0 Å². The second-order valence-electron chi connectivity index (χ2n) is 2.90. The van der Waals surface area contributed by atoms with Crippen molar-refractivity contribution in [1.29, 1.82) is 0 Å². The van der Waals surface area contributed by atoms with Gasteiger partial charge in [0.05, 0.1) is 0 Å². The average molecular weight is 379 g/mol. The van der Waals surface area contributed by atoms with Crippen molar-refractivity contribution in [3.63, 3.8) is 0 Å². The molecule has 0 unspecified atom stereocenters. The van der Waals surface area contributed by atoms with Gasteiger partial charge in [-0.25, -0.2) is 0 Å². The summed E-state index contributed by atoms with van der Waals surface area (Å²) in [4.78, 5) is 0. The van der Waals surface area contributed by atoms with Crippen molar-refractivity contribution in [3.05, 3.63) is 0 Å². The fourth-order valence-corrected chi connectivity index (χ4v) is 13.5. The van der Waals surface area contributed by atoms with E-state index in [0.29, 0.717) is 0 Å². The Bertz CT molecular complexity index is 77.2. The summed E-state index contributed by atoms with van der Waals surface area (Å²) in [5, 5.41) is 4.61. The quantitative estimate of drug-likeness (QED) is 0.540. The zero-order valence-corrected chi connectivity index (χ0v) is 14.2. The van der Waals surface area contributed by atoms with Gasteiger partial charge in [0.15, 0.2) is 0 Å². The van der Waals surface area contributed by atoms with Crippen LogP contribution < -0.4 is 0 Å². The summed E-state index contributed by atoms with van der Waals surface area (Å²) in [6.45, 7) is 7.00. The molecule has 0 saturated heterocycles. The molecule has 0 aromatic carbocycles. The van der Waals surface area contributed by atoms with Gasteiger partial charge in [0, 0.05) is 0 Å². The van der Waals surface area contributed by atoms with Crippen LogP contribution >= 0.6 is 0 Å². The van der Waals surface area contributed by atoms with Gasteiger partial charge in [-0.2, -0.15) is 0 Å². The fourth-order valence-electron chi connectivity index (χ4n) is 0.787. The zero-order valence-electron chi connectivity index (χ0n) is 9.04. The standard InChI is InChI=1S/C10H22Se3/c1-4-7-11-10(12-8-5-2)13-9-6-3/h10H,4-9H2,1-3H3. The van der Waals surface area contributed by atoms with Gasteiger partial charge in [0.2, 0.25) is 0 Å². The molecule has 0 aromatic heterocycles. The van der Waals surface area contributed by atoms with Crippen molar-refractivity contribution in [1.82, 2.24) is 0 Å². The van der Waals surface area contributed by atoms with Crippen molar-refractivity contribution in [3.8, 4) is 0 Å². The summed E-state index contributed by atoms with van der Waals surface area (Å²) in [5.74, 6) is 0. The molecule has 0 spiro atoms. The molecule has 0 atom stereocenters. The monoisotopic (exact) mass is 382 g/mol. The molecular formula is C10H22Se3. The number of hydrogen-bond donors (Lipinski definition) is 0. The molecule has 0 fully saturated rings. The van der Waals surface area contributed by atoms with Crippen LogP contribution in [0.3, 0.4) is 0 Å². The van der Waals surface area contributed by atoms with Crippen LogP contribution in [0.5, 0.6) is 0 Å². The Kier molecular flexibility index (Phi) is 13.0. The van der Waals surface area contributed by atoms with Gasteiger partial charge in [0.1, 0.15) is 0 Å². The number of hydrogen-bond acceptors (Lipinski definition) is 0. The summed E-state index contributed by atoms with van der Waals surface area (Å²) < 4.78 is 1.23. The minimum absolute atomic E-state index is 0.999. The molecule has 80 valence electrons. The van der Waals surface area contributed by atoms with Gasteiger partial charge < -0.3 is 0 Å². The van der Waals surface area contributed by atoms with Crippen LogP contribution in [0.2, 0.25) is 18.6 Å². The second-order valence-corrected chi connectivity index (χ2v) is 15.1. The molecule has 0 aliphatic rings. The van der Waals surface area contributed by atoms with Crippen molar-refractivity contribution >= 4 is 44.9 Å². The Morgan fingerprint density at radius 1 is 0.692 bits per heavy atom. The molecule has 0 aliphatic carbocycles. The topological polar surface area (TPSA) is 0 Å². The predicted molar refractivity (Wildman–Crippen MR) is 66.3 cm³/mol. The van der Waals surface area contributed by atoms with Crippen molar-refractivity contribution in [2.24, 2.45) is 0 Å². The van der Waals surface area contributed by atoms with E-state index in [1.165, 1.54) is 37.8 Å². The van der Waals surface area contributed by atoms with Crippen LogP contribution in [0.4, 0.5) is 0 Å². The maximum absolute atomic E-state index is 2.33. The number of rotatable bonds is 9. The van der Waals surface area contributed by atoms with E-state index in [4.69, 9.17) is 0 Å². The maximum atomic E-state index is 2.33. The van der Waals surface area contributed by atoms with Crippen LogP contribution in [-0.2, 0) is 0 Å². The molecule has 0 radical (unpaired) electrons. The van der Waals surface area contributed by atoms with E-state index in [1.54, 1.807) is 0 Å². The van der Waals surface area contributed by atoms with Gasteiger partial charge in [-0.15, -0.1) is 0 Å². The SMILES string of the molecule is CCC[Se]C([Se]CCC)[Se]CCC. The van der Waals surface area contributed by atoms with E-state index in [0.717, 1.165) is 44.9 Å². The van der Waals surface area contributed by atoms with Gasteiger partial charge in [-0.1, -0.05) is 0 Å².